The van der Waals surface area contributed by atoms with Crippen LogP contribution in [0.1, 0.15) is 31.8 Å². The first-order valence-corrected chi connectivity index (χ1v) is 16.7. The number of alkyl carbamates (subject to hydrolysis) is 2. The lowest BCUT2D eigenvalue weighted by atomic mass is 10.2. The molecule has 46 heavy (non-hydrogen) atoms. The minimum atomic E-state index is -0.530. The molecule has 4 aromatic rings. The topological polar surface area (TPSA) is 129 Å². The van der Waals surface area contributed by atoms with Crippen molar-refractivity contribution in [3.63, 3.8) is 0 Å². The average molecular weight is 661 g/mol. The van der Waals surface area contributed by atoms with E-state index in [-0.39, 0.29) is 13.2 Å². The summed E-state index contributed by atoms with van der Waals surface area (Å²) in [5, 5.41) is 5.38. The van der Waals surface area contributed by atoms with E-state index in [1.807, 2.05) is 12.1 Å². The van der Waals surface area contributed by atoms with Crippen molar-refractivity contribution in [2.45, 2.75) is 13.2 Å². The Balaban J connectivity index is 0.984. The van der Waals surface area contributed by atoms with Gasteiger partial charge in [0.25, 0.3) is 0 Å². The molecule has 10 nitrogen and oxygen atoms in total. The Kier molecular flexibility index (Phi) is 13.9. The zero-order valence-corrected chi connectivity index (χ0v) is 26.4. The second-order valence-electron chi connectivity index (χ2n) is 9.45. The Morgan fingerprint density at radius 2 is 0.870 bits per heavy atom. The highest BCUT2D eigenvalue weighted by Gasteiger charge is 2.10. The molecule has 0 saturated carbocycles. The number of nitrogens with one attached hydrogen (secondary N) is 2. The number of ether oxygens (including phenoxy) is 4. The molecule has 0 aliphatic carbocycles. The smallest absolute Gasteiger partial charge is 0.407 e. The minimum absolute atomic E-state index is 0.0812. The lowest BCUT2D eigenvalue weighted by Crippen LogP contribution is -2.27. The lowest BCUT2D eigenvalue weighted by Gasteiger charge is -2.09. The van der Waals surface area contributed by atoms with E-state index in [9.17, 15) is 19.2 Å². The maximum atomic E-state index is 12.1. The fourth-order valence-electron chi connectivity index (χ4n) is 3.70. The Morgan fingerprint density at radius 1 is 0.500 bits per heavy atom. The fourth-order valence-corrected chi connectivity index (χ4v) is 5.51. The third-order valence-electron chi connectivity index (χ3n) is 6.02. The first-order chi connectivity index (χ1) is 22.5. The van der Waals surface area contributed by atoms with Crippen LogP contribution < -0.4 is 20.1 Å². The number of carbonyl (C=O) groups excluding carboxylic acids is 4. The predicted molar refractivity (Wildman–Crippen MR) is 177 cm³/mol. The van der Waals surface area contributed by atoms with Gasteiger partial charge in [-0.15, -0.1) is 0 Å². The molecule has 0 spiro atoms. The van der Waals surface area contributed by atoms with Crippen molar-refractivity contribution in [3.05, 3.63) is 131 Å². The van der Waals surface area contributed by atoms with Crippen molar-refractivity contribution < 1.29 is 38.1 Å². The van der Waals surface area contributed by atoms with Gasteiger partial charge in [0.15, 0.2) is 0 Å². The molecule has 0 saturated heterocycles. The molecule has 4 aromatic carbocycles. The van der Waals surface area contributed by atoms with Crippen molar-refractivity contribution in [1.82, 2.24) is 10.6 Å². The number of hydrogen-bond donors (Lipinski definition) is 2. The van der Waals surface area contributed by atoms with Crippen LogP contribution in [0.4, 0.5) is 9.59 Å². The highest BCUT2D eigenvalue weighted by molar-refractivity contribution is 8.76. The second kappa shape index (κ2) is 18.8. The molecule has 0 aliphatic rings. The number of rotatable bonds is 15. The maximum Gasteiger partial charge on any atom is 0.407 e. The number of benzene rings is 4. The van der Waals surface area contributed by atoms with Gasteiger partial charge in [-0.25, -0.2) is 19.2 Å². The molecule has 2 amide bonds. The number of carbonyl (C=O) groups is 4. The molecule has 0 fully saturated rings. The summed E-state index contributed by atoms with van der Waals surface area (Å²) in [7, 11) is 3.11. The molecule has 4 rings (SSSR count). The minimum Gasteiger partial charge on any atom is -0.445 e. The largest absolute Gasteiger partial charge is 0.445 e. The highest BCUT2D eigenvalue weighted by Crippen LogP contribution is 2.20. The molecule has 0 unspecified atom stereocenters. The number of amides is 2. The Morgan fingerprint density at radius 3 is 1.24 bits per heavy atom. The van der Waals surface area contributed by atoms with Gasteiger partial charge in [0, 0.05) is 24.6 Å². The summed E-state index contributed by atoms with van der Waals surface area (Å²) in [6.07, 6.45) is -1.06. The molecular formula is C34H32N2O8S2. The quantitative estimate of drug-likeness (QED) is 0.0618. The monoisotopic (exact) mass is 660 g/mol. The molecule has 2 N–H and O–H groups in total. The summed E-state index contributed by atoms with van der Waals surface area (Å²) in [6, 6.07) is 30.9. The third-order valence-corrected chi connectivity index (χ3v) is 8.43. The van der Waals surface area contributed by atoms with Crippen LogP contribution in [-0.2, 0) is 22.7 Å². The van der Waals surface area contributed by atoms with E-state index in [0.717, 1.165) is 11.1 Å². The lowest BCUT2D eigenvalue weighted by molar-refractivity contribution is 0.0725. The SMILES string of the molecule is O=C(NCCSSCCNC(=O)OCc1ccc(OC(=O)c2ccccc2)cc1)OCc1ccc(OC(=O)c2ccccc2)cc1. The molecule has 238 valence electrons. The Hall–Kier alpha value is -4.94. The van der Waals surface area contributed by atoms with Crippen LogP contribution in [0.5, 0.6) is 11.5 Å². The molecule has 12 heteroatoms. The van der Waals surface area contributed by atoms with Gasteiger partial charge in [-0.2, -0.15) is 0 Å². The van der Waals surface area contributed by atoms with Crippen LogP contribution >= 0.6 is 21.6 Å². The van der Waals surface area contributed by atoms with Crippen LogP contribution in [-0.4, -0.2) is 48.7 Å². The van der Waals surface area contributed by atoms with Crippen LogP contribution in [0.2, 0.25) is 0 Å². The Bertz CT molecular complexity index is 1440. The van der Waals surface area contributed by atoms with E-state index < -0.39 is 24.1 Å². The third kappa shape index (κ3) is 12.2. The van der Waals surface area contributed by atoms with E-state index in [4.69, 9.17) is 18.9 Å². The first-order valence-electron chi connectivity index (χ1n) is 14.2. The van der Waals surface area contributed by atoms with Crippen LogP contribution in [0.15, 0.2) is 109 Å². The molecule has 0 bridgehead atoms. The summed E-state index contributed by atoms with van der Waals surface area (Å²) in [6.45, 7) is 1.00. The van der Waals surface area contributed by atoms with Crippen LogP contribution in [0.3, 0.4) is 0 Å². The normalized spacial score (nSPS) is 10.3. The molecule has 0 aliphatic heterocycles. The molecule has 0 aromatic heterocycles. The van der Waals surface area contributed by atoms with Crippen molar-refractivity contribution >= 4 is 45.7 Å². The molecule has 0 atom stereocenters. The zero-order valence-electron chi connectivity index (χ0n) is 24.7. The van der Waals surface area contributed by atoms with Crippen LogP contribution in [0, 0.1) is 0 Å². The second-order valence-corrected chi connectivity index (χ2v) is 12.2. The summed E-state index contributed by atoms with van der Waals surface area (Å²) >= 11 is 0. The van der Waals surface area contributed by atoms with Gasteiger partial charge in [0.2, 0.25) is 0 Å². The van der Waals surface area contributed by atoms with E-state index in [1.54, 1.807) is 119 Å². The van der Waals surface area contributed by atoms with Crippen LogP contribution in [0.25, 0.3) is 0 Å². The van der Waals surface area contributed by atoms with Gasteiger partial charge in [0.05, 0.1) is 11.1 Å². The van der Waals surface area contributed by atoms with Crippen molar-refractivity contribution in [3.8, 4) is 11.5 Å². The average Bonchev–Trinajstić information content (AvgIpc) is 3.09. The van der Waals surface area contributed by atoms with Gasteiger partial charge in [-0.05, 0) is 59.7 Å². The van der Waals surface area contributed by atoms with Gasteiger partial charge < -0.3 is 29.6 Å². The summed E-state index contributed by atoms with van der Waals surface area (Å²) in [4.78, 5) is 48.2. The van der Waals surface area contributed by atoms with E-state index >= 15 is 0 Å². The number of esters is 2. The highest BCUT2D eigenvalue weighted by atomic mass is 33.1. The molecule has 0 radical (unpaired) electrons. The van der Waals surface area contributed by atoms with E-state index in [2.05, 4.69) is 10.6 Å². The molecule has 0 heterocycles. The summed E-state index contributed by atoms with van der Waals surface area (Å²) in [5.74, 6) is 1.22. The zero-order chi connectivity index (χ0) is 32.4. The summed E-state index contributed by atoms with van der Waals surface area (Å²) < 4.78 is 21.1. The van der Waals surface area contributed by atoms with E-state index in [0.29, 0.717) is 47.2 Å². The fraction of sp³-hybridized carbons (Fsp3) is 0.176. The maximum absolute atomic E-state index is 12.1. The van der Waals surface area contributed by atoms with E-state index in [1.165, 1.54) is 0 Å². The van der Waals surface area contributed by atoms with Gasteiger partial charge in [0.1, 0.15) is 24.7 Å². The van der Waals surface area contributed by atoms with Gasteiger partial charge >= 0.3 is 24.1 Å². The Labute approximate surface area is 274 Å². The standard InChI is InChI=1S/C34H32N2O8S2/c37-31(27-7-3-1-4-8-27)43-29-15-11-25(12-16-29)23-41-33(39)35-19-21-45-46-22-20-36-34(40)42-24-26-13-17-30(18-14-26)44-32(38)28-9-5-2-6-10-28/h1-18H,19-24H2,(H,35,39)(H,36,40). The van der Waals surface area contributed by atoms with Gasteiger partial charge in [-0.1, -0.05) is 82.3 Å². The van der Waals surface area contributed by atoms with Crippen molar-refractivity contribution in [2.75, 3.05) is 24.6 Å². The first kappa shape index (κ1) is 33.9. The van der Waals surface area contributed by atoms with Gasteiger partial charge in [-0.3, -0.25) is 0 Å². The van der Waals surface area contributed by atoms with Crippen molar-refractivity contribution in [1.29, 1.82) is 0 Å². The number of hydrogen-bond acceptors (Lipinski definition) is 10. The predicted octanol–water partition coefficient (Wildman–Crippen LogP) is 6.66. The summed E-state index contributed by atoms with van der Waals surface area (Å²) in [5.41, 5.74) is 2.43. The molecular weight excluding hydrogens is 629 g/mol. The van der Waals surface area contributed by atoms with Crippen molar-refractivity contribution in [2.24, 2.45) is 0 Å².